The van der Waals surface area contributed by atoms with E-state index in [9.17, 15) is 5.11 Å². The molecule has 0 aliphatic carbocycles. The maximum Gasteiger partial charge on any atom is 0.162 e. The number of ether oxygens (including phenoxy) is 3. The molecular weight excluding hydrogens is 318 g/mol. The van der Waals surface area contributed by atoms with Crippen LogP contribution in [-0.2, 0) is 13.0 Å². The molecule has 0 amide bonds. The van der Waals surface area contributed by atoms with Crippen molar-refractivity contribution in [1.29, 1.82) is 0 Å². The molecular formula is C20H25NO4. The minimum Gasteiger partial charge on any atom is -0.504 e. The van der Waals surface area contributed by atoms with E-state index in [1.54, 1.807) is 21.3 Å². The molecule has 1 aliphatic rings. The Morgan fingerprint density at radius 1 is 1.00 bits per heavy atom. The number of methoxy groups -OCH3 is 3. The molecule has 0 spiro atoms. The molecule has 2 aromatic carbocycles. The maximum atomic E-state index is 10.5. The Bertz CT molecular complexity index is 760. The molecule has 0 aromatic heterocycles. The van der Waals surface area contributed by atoms with Gasteiger partial charge >= 0.3 is 0 Å². The van der Waals surface area contributed by atoms with Crippen LogP contribution in [0.5, 0.6) is 23.0 Å². The quantitative estimate of drug-likeness (QED) is 0.904. The third-order valence-electron chi connectivity index (χ3n) is 4.83. The van der Waals surface area contributed by atoms with Crippen molar-refractivity contribution in [1.82, 2.24) is 4.90 Å². The second-order valence-electron chi connectivity index (χ2n) is 6.47. The summed E-state index contributed by atoms with van der Waals surface area (Å²) < 4.78 is 16.0. The van der Waals surface area contributed by atoms with Crippen molar-refractivity contribution in [3.63, 3.8) is 0 Å². The van der Waals surface area contributed by atoms with Crippen LogP contribution in [0, 0.1) is 0 Å². The van der Waals surface area contributed by atoms with Gasteiger partial charge in [-0.25, -0.2) is 0 Å². The Balaban J connectivity index is 1.93. The minimum absolute atomic E-state index is 0.254. The summed E-state index contributed by atoms with van der Waals surface area (Å²) in [5, 5.41) is 10.5. The van der Waals surface area contributed by atoms with Crippen molar-refractivity contribution in [3.8, 4) is 23.0 Å². The Morgan fingerprint density at radius 2 is 1.68 bits per heavy atom. The zero-order valence-electron chi connectivity index (χ0n) is 15.2. The van der Waals surface area contributed by atoms with Crippen molar-refractivity contribution in [3.05, 3.63) is 47.0 Å². The fraction of sp³-hybridized carbons (Fsp3) is 0.400. The first-order chi connectivity index (χ1) is 12.1. The average Bonchev–Trinajstić information content (AvgIpc) is 2.62. The SMILES string of the molecule is COc1ccc(CC2CN(C)Cc3c2ccc(OC)c3O)cc1OC. The van der Waals surface area contributed by atoms with E-state index < -0.39 is 0 Å². The van der Waals surface area contributed by atoms with Crippen LogP contribution in [0.1, 0.15) is 22.6 Å². The van der Waals surface area contributed by atoms with Gasteiger partial charge in [0.05, 0.1) is 21.3 Å². The predicted molar refractivity (Wildman–Crippen MR) is 97.0 cm³/mol. The molecule has 134 valence electrons. The van der Waals surface area contributed by atoms with Crippen LogP contribution in [0.25, 0.3) is 0 Å². The van der Waals surface area contributed by atoms with E-state index in [2.05, 4.69) is 24.1 Å². The minimum atomic E-state index is 0.254. The number of hydrogen-bond donors (Lipinski definition) is 1. The Hall–Kier alpha value is -2.40. The van der Waals surface area contributed by atoms with Crippen molar-refractivity contribution in [2.24, 2.45) is 0 Å². The highest BCUT2D eigenvalue weighted by atomic mass is 16.5. The van der Waals surface area contributed by atoms with Crippen LogP contribution in [-0.4, -0.2) is 44.9 Å². The zero-order valence-corrected chi connectivity index (χ0v) is 15.2. The molecule has 25 heavy (non-hydrogen) atoms. The van der Waals surface area contributed by atoms with E-state index in [1.807, 2.05) is 18.2 Å². The molecule has 0 saturated carbocycles. The second-order valence-corrected chi connectivity index (χ2v) is 6.47. The number of fused-ring (bicyclic) bond motifs is 1. The highest BCUT2D eigenvalue weighted by Crippen LogP contribution is 2.40. The number of likely N-dealkylation sites (N-methyl/N-ethyl adjacent to an activating group) is 1. The largest absolute Gasteiger partial charge is 0.504 e. The molecule has 1 unspecified atom stereocenters. The van der Waals surface area contributed by atoms with Crippen molar-refractivity contribution >= 4 is 0 Å². The summed E-state index contributed by atoms with van der Waals surface area (Å²) in [5.74, 6) is 2.54. The fourth-order valence-electron chi connectivity index (χ4n) is 3.62. The van der Waals surface area contributed by atoms with Crippen LogP contribution >= 0.6 is 0 Å². The van der Waals surface area contributed by atoms with Gasteiger partial charge in [0, 0.05) is 24.6 Å². The van der Waals surface area contributed by atoms with Gasteiger partial charge in [-0.1, -0.05) is 12.1 Å². The lowest BCUT2D eigenvalue weighted by molar-refractivity contribution is 0.270. The summed E-state index contributed by atoms with van der Waals surface area (Å²) in [6.07, 6.45) is 0.865. The Kier molecular flexibility index (Phi) is 5.04. The monoisotopic (exact) mass is 343 g/mol. The van der Waals surface area contributed by atoms with Gasteiger partial charge in [0.2, 0.25) is 0 Å². The van der Waals surface area contributed by atoms with E-state index in [4.69, 9.17) is 14.2 Å². The Morgan fingerprint density at radius 3 is 2.36 bits per heavy atom. The number of benzene rings is 2. The summed E-state index contributed by atoms with van der Waals surface area (Å²) in [4.78, 5) is 2.23. The third kappa shape index (κ3) is 3.37. The van der Waals surface area contributed by atoms with Crippen LogP contribution in [0.2, 0.25) is 0 Å². The topological polar surface area (TPSA) is 51.2 Å². The lowest BCUT2D eigenvalue weighted by Gasteiger charge is -2.33. The number of phenolic OH excluding ortho intramolecular Hbond substituents is 1. The van der Waals surface area contributed by atoms with Gasteiger partial charge in [-0.05, 0) is 42.8 Å². The van der Waals surface area contributed by atoms with Gasteiger partial charge in [-0.15, -0.1) is 0 Å². The first-order valence-corrected chi connectivity index (χ1v) is 8.35. The van der Waals surface area contributed by atoms with Crippen LogP contribution in [0.4, 0.5) is 0 Å². The van der Waals surface area contributed by atoms with E-state index in [0.717, 1.165) is 36.6 Å². The Labute approximate surface area is 148 Å². The second kappa shape index (κ2) is 7.23. The maximum absolute atomic E-state index is 10.5. The molecule has 1 heterocycles. The van der Waals surface area contributed by atoms with Crippen LogP contribution in [0.3, 0.4) is 0 Å². The van der Waals surface area contributed by atoms with Gasteiger partial charge in [0.1, 0.15) is 0 Å². The molecule has 0 fully saturated rings. The smallest absolute Gasteiger partial charge is 0.162 e. The lowest BCUT2D eigenvalue weighted by Crippen LogP contribution is -2.31. The number of hydrogen-bond acceptors (Lipinski definition) is 5. The summed E-state index contributed by atoms with van der Waals surface area (Å²) in [6.45, 7) is 1.66. The van der Waals surface area contributed by atoms with E-state index in [1.165, 1.54) is 11.1 Å². The molecule has 1 aliphatic heterocycles. The highest BCUT2D eigenvalue weighted by Gasteiger charge is 2.27. The normalized spacial score (nSPS) is 17.0. The predicted octanol–water partition coefficient (Wildman–Crippen LogP) is 3.19. The van der Waals surface area contributed by atoms with Crippen molar-refractivity contribution in [2.75, 3.05) is 34.9 Å². The van der Waals surface area contributed by atoms with Gasteiger partial charge in [-0.2, -0.15) is 0 Å². The highest BCUT2D eigenvalue weighted by molar-refractivity contribution is 5.52. The molecule has 2 aromatic rings. The van der Waals surface area contributed by atoms with E-state index in [-0.39, 0.29) is 5.75 Å². The van der Waals surface area contributed by atoms with Crippen LogP contribution < -0.4 is 14.2 Å². The molecule has 0 bridgehead atoms. The lowest BCUT2D eigenvalue weighted by atomic mass is 9.85. The zero-order chi connectivity index (χ0) is 18.0. The molecule has 5 heteroatoms. The van der Waals surface area contributed by atoms with Gasteiger partial charge < -0.3 is 24.2 Å². The molecule has 3 rings (SSSR count). The molecule has 0 saturated heterocycles. The number of phenols is 1. The fourth-order valence-corrected chi connectivity index (χ4v) is 3.62. The van der Waals surface area contributed by atoms with Gasteiger partial charge in [0.15, 0.2) is 23.0 Å². The molecule has 0 radical (unpaired) electrons. The summed E-state index contributed by atoms with van der Waals surface area (Å²) >= 11 is 0. The average molecular weight is 343 g/mol. The third-order valence-corrected chi connectivity index (χ3v) is 4.83. The van der Waals surface area contributed by atoms with Gasteiger partial charge in [-0.3, -0.25) is 0 Å². The number of rotatable bonds is 5. The summed E-state index contributed by atoms with van der Waals surface area (Å²) in [6, 6.07) is 9.95. The molecule has 1 N–H and O–H groups in total. The molecule has 1 atom stereocenters. The van der Waals surface area contributed by atoms with E-state index in [0.29, 0.717) is 11.7 Å². The standard InChI is InChI=1S/C20H25NO4/c1-21-11-14(9-13-5-7-17(23-2)19(10-13)25-4)15-6-8-18(24-3)20(22)16(15)12-21/h5-8,10,14,22H,9,11-12H2,1-4H3. The molecule has 5 nitrogen and oxygen atoms in total. The van der Waals surface area contributed by atoms with Gasteiger partial charge in [0.25, 0.3) is 0 Å². The van der Waals surface area contributed by atoms with Crippen LogP contribution in [0.15, 0.2) is 30.3 Å². The number of aromatic hydroxyl groups is 1. The first-order valence-electron chi connectivity index (χ1n) is 8.35. The number of nitrogens with zero attached hydrogens (tertiary/aromatic N) is 1. The van der Waals surface area contributed by atoms with E-state index >= 15 is 0 Å². The summed E-state index contributed by atoms with van der Waals surface area (Å²) in [7, 11) is 6.94. The van der Waals surface area contributed by atoms with Crippen molar-refractivity contribution in [2.45, 2.75) is 18.9 Å². The van der Waals surface area contributed by atoms with Crippen molar-refractivity contribution < 1.29 is 19.3 Å². The first kappa shape index (κ1) is 17.4. The summed E-state index contributed by atoms with van der Waals surface area (Å²) in [5.41, 5.74) is 3.32.